The smallest absolute Gasteiger partial charge is 0.314 e. The van der Waals surface area contributed by atoms with E-state index < -0.39 is 0 Å². The van der Waals surface area contributed by atoms with Crippen molar-refractivity contribution >= 4 is 5.97 Å². The van der Waals surface area contributed by atoms with Gasteiger partial charge in [0.2, 0.25) is 0 Å². The maximum absolute atomic E-state index is 11.9. The first-order chi connectivity index (χ1) is 9.31. The molecule has 0 radical (unpaired) electrons. The molecule has 0 heterocycles. The fourth-order valence-electron chi connectivity index (χ4n) is 2.76. The lowest BCUT2D eigenvalue weighted by Crippen LogP contribution is -2.36. The number of rotatable bonds is 5. The molecule has 104 valence electrons. The van der Waals surface area contributed by atoms with Crippen molar-refractivity contribution in [2.75, 3.05) is 13.7 Å². The summed E-state index contributed by atoms with van der Waals surface area (Å²) >= 11 is 0. The van der Waals surface area contributed by atoms with Gasteiger partial charge in [0.1, 0.15) is 0 Å². The molecule has 0 aliphatic heterocycles. The van der Waals surface area contributed by atoms with Crippen LogP contribution in [0, 0.1) is 0 Å². The Hall–Kier alpha value is -1.35. The summed E-state index contributed by atoms with van der Waals surface area (Å²) in [4.78, 5) is 11.9. The summed E-state index contributed by atoms with van der Waals surface area (Å²) in [6.45, 7) is 0.668. The van der Waals surface area contributed by atoms with Crippen LogP contribution in [0.25, 0.3) is 0 Å². The van der Waals surface area contributed by atoms with Gasteiger partial charge < -0.3 is 10.1 Å². The van der Waals surface area contributed by atoms with Gasteiger partial charge in [-0.2, -0.15) is 0 Å². The van der Waals surface area contributed by atoms with Gasteiger partial charge in [-0.15, -0.1) is 0 Å². The van der Waals surface area contributed by atoms with Crippen molar-refractivity contribution in [2.24, 2.45) is 0 Å². The average Bonchev–Trinajstić information content (AvgIpc) is 2.49. The largest absolute Gasteiger partial charge is 0.469 e. The number of methoxy groups -OCH3 is 1. The van der Waals surface area contributed by atoms with Crippen molar-refractivity contribution in [2.45, 2.75) is 44.1 Å². The molecule has 1 aliphatic carbocycles. The number of carbonyl (C=O) groups excluding carboxylic acids is 1. The van der Waals surface area contributed by atoms with Crippen LogP contribution >= 0.6 is 0 Å². The normalized spacial score (nSPS) is 17.9. The van der Waals surface area contributed by atoms with Gasteiger partial charge in [-0.25, -0.2) is 0 Å². The molecule has 0 saturated heterocycles. The summed E-state index contributed by atoms with van der Waals surface area (Å²) in [6.07, 6.45) is 6.39. The van der Waals surface area contributed by atoms with Crippen molar-refractivity contribution in [1.82, 2.24) is 5.32 Å². The minimum absolute atomic E-state index is 0.158. The zero-order chi connectivity index (χ0) is 13.5. The number of ether oxygens (including phenoxy) is 1. The van der Waals surface area contributed by atoms with E-state index in [-0.39, 0.29) is 11.9 Å². The summed E-state index contributed by atoms with van der Waals surface area (Å²) in [6, 6.07) is 10.4. The lowest BCUT2D eigenvalue weighted by atomic mass is 9.94. The zero-order valence-corrected chi connectivity index (χ0v) is 11.6. The molecule has 1 atom stereocenters. The highest BCUT2D eigenvalue weighted by molar-refractivity contribution is 5.78. The number of esters is 1. The van der Waals surface area contributed by atoms with E-state index in [4.69, 9.17) is 4.74 Å². The second-order valence-corrected chi connectivity index (χ2v) is 5.23. The Morgan fingerprint density at radius 3 is 2.58 bits per heavy atom. The first kappa shape index (κ1) is 14.1. The van der Waals surface area contributed by atoms with Crippen molar-refractivity contribution in [1.29, 1.82) is 0 Å². The summed E-state index contributed by atoms with van der Waals surface area (Å²) in [5.74, 6) is -0.359. The number of carbonyl (C=O) groups is 1. The van der Waals surface area contributed by atoms with E-state index in [1.807, 2.05) is 30.3 Å². The van der Waals surface area contributed by atoms with Crippen LogP contribution in [0.5, 0.6) is 0 Å². The van der Waals surface area contributed by atoms with Crippen molar-refractivity contribution < 1.29 is 9.53 Å². The van der Waals surface area contributed by atoms with Crippen LogP contribution in [0.1, 0.15) is 43.6 Å². The van der Waals surface area contributed by atoms with Crippen LogP contribution in [-0.2, 0) is 9.53 Å². The van der Waals surface area contributed by atoms with E-state index in [9.17, 15) is 4.79 Å². The topological polar surface area (TPSA) is 38.3 Å². The SMILES string of the molecule is COC(=O)C(CNC1CCCCC1)c1ccccc1. The molecule has 0 bridgehead atoms. The van der Waals surface area contributed by atoms with Crippen molar-refractivity contribution in [3.63, 3.8) is 0 Å². The Kier molecular flexibility index (Phi) is 5.40. The van der Waals surface area contributed by atoms with E-state index in [1.54, 1.807) is 0 Å². The fraction of sp³-hybridized carbons (Fsp3) is 0.562. The van der Waals surface area contributed by atoms with Gasteiger partial charge in [0.25, 0.3) is 0 Å². The molecule has 1 aromatic carbocycles. The minimum Gasteiger partial charge on any atom is -0.469 e. The fourth-order valence-corrected chi connectivity index (χ4v) is 2.76. The molecule has 1 aliphatic rings. The third-order valence-electron chi connectivity index (χ3n) is 3.90. The van der Waals surface area contributed by atoms with Crippen LogP contribution in [0.4, 0.5) is 0 Å². The average molecular weight is 261 g/mol. The molecule has 0 amide bonds. The lowest BCUT2D eigenvalue weighted by Gasteiger charge is -2.25. The van der Waals surface area contributed by atoms with E-state index >= 15 is 0 Å². The summed E-state index contributed by atoms with van der Waals surface area (Å²) in [7, 11) is 1.46. The molecule has 3 nitrogen and oxygen atoms in total. The summed E-state index contributed by atoms with van der Waals surface area (Å²) < 4.78 is 4.93. The van der Waals surface area contributed by atoms with E-state index in [0.717, 1.165) is 5.56 Å². The van der Waals surface area contributed by atoms with Crippen molar-refractivity contribution in [3.8, 4) is 0 Å². The molecule has 19 heavy (non-hydrogen) atoms. The van der Waals surface area contributed by atoms with E-state index in [0.29, 0.717) is 12.6 Å². The van der Waals surface area contributed by atoms with Crippen LogP contribution in [-0.4, -0.2) is 25.7 Å². The van der Waals surface area contributed by atoms with E-state index in [2.05, 4.69) is 5.32 Å². The molecule has 1 aromatic rings. The maximum Gasteiger partial charge on any atom is 0.314 e. The van der Waals surface area contributed by atoms with Gasteiger partial charge in [-0.05, 0) is 18.4 Å². The van der Waals surface area contributed by atoms with Gasteiger partial charge in [0, 0.05) is 12.6 Å². The molecular weight excluding hydrogens is 238 g/mol. The van der Waals surface area contributed by atoms with Crippen LogP contribution in [0.2, 0.25) is 0 Å². The summed E-state index contributed by atoms with van der Waals surface area (Å²) in [5, 5.41) is 3.53. The Morgan fingerprint density at radius 1 is 1.26 bits per heavy atom. The predicted octanol–water partition coefficient (Wildman–Crippen LogP) is 2.87. The first-order valence-electron chi connectivity index (χ1n) is 7.17. The standard InChI is InChI=1S/C16H23NO2/c1-19-16(18)15(13-8-4-2-5-9-13)12-17-14-10-6-3-7-11-14/h2,4-5,8-9,14-15,17H,3,6-7,10-12H2,1H3. The molecule has 0 aromatic heterocycles. The third kappa shape index (κ3) is 4.06. The van der Waals surface area contributed by atoms with Crippen LogP contribution in [0.15, 0.2) is 30.3 Å². The van der Waals surface area contributed by atoms with Gasteiger partial charge in [-0.3, -0.25) is 4.79 Å². The molecule has 2 rings (SSSR count). The number of hydrogen-bond donors (Lipinski definition) is 1. The highest BCUT2D eigenvalue weighted by Crippen LogP contribution is 2.20. The Morgan fingerprint density at radius 2 is 1.95 bits per heavy atom. The number of benzene rings is 1. The Balaban J connectivity index is 1.96. The lowest BCUT2D eigenvalue weighted by molar-refractivity contribution is -0.142. The van der Waals surface area contributed by atoms with Gasteiger partial charge in [0.15, 0.2) is 0 Å². The predicted molar refractivity (Wildman–Crippen MR) is 76.1 cm³/mol. The number of hydrogen-bond acceptors (Lipinski definition) is 3. The maximum atomic E-state index is 11.9. The summed E-state index contributed by atoms with van der Waals surface area (Å²) in [5.41, 5.74) is 1.03. The van der Waals surface area contributed by atoms with E-state index in [1.165, 1.54) is 39.2 Å². The molecule has 0 spiro atoms. The third-order valence-corrected chi connectivity index (χ3v) is 3.90. The highest BCUT2D eigenvalue weighted by atomic mass is 16.5. The van der Waals surface area contributed by atoms with Gasteiger partial charge in [-0.1, -0.05) is 49.6 Å². The highest BCUT2D eigenvalue weighted by Gasteiger charge is 2.23. The Labute approximate surface area is 115 Å². The monoisotopic (exact) mass is 261 g/mol. The Bertz CT molecular complexity index is 385. The quantitative estimate of drug-likeness (QED) is 0.828. The second-order valence-electron chi connectivity index (χ2n) is 5.23. The zero-order valence-electron chi connectivity index (χ0n) is 11.6. The van der Waals surface area contributed by atoms with Crippen LogP contribution in [0.3, 0.4) is 0 Å². The number of nitrogens with one attached hydrogen (secondary N) is 1. The van der Waals surface area contributed by atoms with Crippen molar-refractivity contribution in [3.05, 3.63) is 35.9 Å². The molecule has 1 unspecified atom stereocenters. The molecule has 1 N–H and O–H groups in total. The second kappa shape index (κ2) is 7.29. The minimum atomic E-state index is -0.201. The molecule has 1 fully saturated rings. The van der Waals surface area contributed by atoms with Gasteiger partial charge >= 0.3 is 5.97 Å². The van der Waals surface area contributed by atoms with Crippen LogP contribution < -0.4 is 5.32 Å². The van der Waals surface area contributed by atoms with Gasteiger partial charge in [0.05, 0.1) is 13.0 Å². The first-order valence-corrected chi connectivity index (χ1v) is 7.17. The molecular formula is C16H23NO2. The molecule has 1 saturated carbocycles. The molecule has 3 heteroatoms.